The summed E-state index contributed by atoms with van der Waals surface area (Å²) >= 11 is 1.35. The van der Waals surface area contributed by atoms with Gasteiger partial charge in [0.2, 0.25) is 0 Å². The van der Waals surface area contributed by atoms with Crippen LogP contribution in [0.1, 0.15) is 39.0 Å². The van der Waals surface area contributed by atoms with E-state index in [9.17, 15) is 9.59 Å². The molecule has 0 spiro atoms. The predicted molar refractivity (Wildman–Crippen MR) is 115 cm³/mol. The SMILES string of the molecule is CC(C)COc1ccc(C2=C(SCc3ccco3)C(=O)N(CC(C)C)C2=O)cc1. The highest BCUT2D eigenvalue weighted by atomic mass is 32.2. The smallest absolute Gasteiger partial charge is 0.268 e. The molecule has 0 saturated heterocycles. The molecule has 0 unspecified atom stereocenters. The zero-order chi connectivity index (χ0) is 21.0. The molecule has 0 fully saturated rings. The Labute approximate surface area is 176 Å². The summed E-state index contributed by atoms with van der Waals surface area (Å²) in [6, 6.07) is 11.1. The average molecular weight is 414 g/mol. The van der Waals surface area contributed by atoms with Crippen LogP contribution in [0.4, 0.5) is 0 Å². The first-order valence-electron chi connectivity index (χ1n) is 9.85. The van der Waals surface area contributed by atoms with Gasteiger partial charge in [-0.1, -0.05) is 39.8 Å². The molecule has 1 aromatic heterocycles. The Morgan fingerprint density at radius 3 is 2.31 bits per heavy atom. The molecule has 1 aliphatic heterocycles. The lowest BCUT2D eigenvalue weighted by Gasteiger charge is -2.17. The van der Waals surface area contributed by atoms with Gasteiger partial charge in [0.1, 0.15) is 11.5 Å². The number of carbonyl (C=O) groups is 2. The van der Waals surface area contributed by atoms with Gasteiger partial charge in [0.05, 0.1) is 29.1 Å². The van der Waals surface area contributed by atoms with Gasteiger partial charge in [-0.3, -0.25) is 14.5 Å². The highest BCUT2D eigenvalue weighted by Gasteiger charge is 2.39. The fraction of sp³-hybridized carbons (Fsp3) is 0.391. The highest BCUT2D eigenvalue weighted by Crippen LogP contribution is 2.38. The van der Waals surface area contributed by atoms with Gasteiger partial charge < -0.3 is 9.15 Å². The van der Waals surface area contributed by atoms with Crippen LogP contribution in [0.3, 0.4) is 0 Å². The van der Waals surface area contributed by atoms with E-state index < -0.39 is 0 Å². The molecule has 6 heteroatoms. The van der Waals surface area contributed by atoms with Crippen molar-refractivity contribution < 1.29 is 18.7 Å². The Morgan fingerprint density at radius 2 is 1.72 bits per heavy atom. The van der Waals surface area contributed by atoms with Crippen LogP contribution in [0.15, 0.2) is 52.0 Å². The van der Waals surface area contributed by atoms with E-state index >= 15 is 0 Å². The van der Waals surface area contributed by atoms with Crippen molar-refractivity contribution in [3.8, 4) is 5.75 Å². The van der Waals surface area contributed by atoms with Crippen molar-refractivity contribution in [2.75, 3.05) is 13.2 Å². The van der Waals surface area contributed by atoms with Gasteiger partial charge >= 0.3 is 0 Å². The lowest BCUT2D eigenvalue weighted by molar-refractivity contribution is -0.137. The van der Waals surface area contributed by atoms with Gasteiger partial charge in [-0.15, -0.1) is 11.8 Å². The molecule has 3 rings (SSSR count). The molecule has 1 aromatic carbocycles. The van der Waals surface area contributed by atoms with Crippen molar-refractivity contribution in [2.45, 2.75) is 33.4 Å². The Morgan fingerprint density at radius 1 is 1.00 bits per heavy atom. The molecular formula is C23H27NO4S. The van der Waals surface area contributed by atoms with Crippen molar-refractivity contribution in [1.82, 2.24) is 4.90 Å². The lowest BCUT2D eigenvalue weighted by Crippen LogP contribution is -2.34. The molecule has 0 N–H and O–H groups in total. The molecule has 2 heterocycles. The fourth-order valence-corrected chi connectivity index (χ4v) is 4.03. The zero-order valence-corrected chi connectivity index (χ0v) is 18.1. The standard InChI is InChI=1S/C23H27NO4S/c1-15(2)12-24-22(25)20(17-7-9-18(10-8-17)28-13-16(3)4)21(23(24)26)29-14-19-6-5-11-27-19/h5-11,15-16H,12-14H2,1-4H3. The summed E-state index contributed by atoms with van der Waals surface area (Å²) in [6.45, 7) is 9.21. The molecule has 0 atom stereocenters. The van der Waals surface area contributed by atoms with Crippen LogP contribution < -0.4 is 4.74 Å². The summed E-state index contributed by atoms with van der Waals surface area (Å²) in [5.41, 5.74) is 1.19. The van der Waals surface area contributed by atoms with Crippen LogP contribution in [-0.4, -0.2) is 29.9 Å². The summed E-state index contributed by atoms with van der Waals surface area (Å²) in [5, 5.41) is 0. The third-order valence-corrected chi connectivity index (χ3v) is 5.43. The van der Waals surface area contributed by atoms with Crippen LogP contribution in [0.25, 0.3) is 5.57 Å². The maximum absolute atomic E-state index is 13.1. The number of hydrogen-bond acceptors (Lipinski definition) is 5. The molecule has 0 saturated carbocycles. The quantitative estimate of drug-likeness (QED) is 0.543. The molecule has 154 valence electrons. The van der Waals surface area contributed by atoms with E-state index in [4.69, 9.17) is 9.15 Å². The number of carbonyl (C=O) groups excluding carboxylic acids is 2. The van der Waals surface area contributed by atoms with Crippen molar-refractivity contribution in [2.24, 2.45) is 11.8 Å². The Hall–Kier alpha value is -2.47. The first-order valence-corrected chi connectivity index (χ1v) is 10.8. The summed E-state index contributed by atoms with van der Waals surface area (Å²) in [7, 11) is 0. The summed E-state index contributed by atoms with van der Waals surface area (Å²) in [6.07, 6.45) is 1.60. The number of imide groups is 1. The van der Waals surface area contributed by atoms with Gasteiger partial charge in [0.15, 0.2) is 0 Å². The predicted octanol–water partition coefficient (Wildman–Crippen LogP) is 4.98. The lowest BCUT2D eigenvalue weighted by atomic mass is 10.1. The number of ether oxygens (including phenoxy) is 1. The van der Waals surface area contributed by atoms with Crippen molar-refractivity contribution >= 4 is 29.1 Å². The molecule has 2 amide bonds. The molecule has 0 radical (unpaired) electrons. The number of amides is 2. The monoisotopic (exact) mass is 413 g/mol. The average Bonchev–Trinajstić information content (AvgIpc) is 3.27. The van der Waals surface area contributed by atoms with E-state index in [1.165, 1.54) is 16.7 Å². The van der Waals surface area contributed by atoms with Crippen LogP contribution >= 0.6 is 11.8 Å². The van der Waals surface area contributed by atoms with E-state index in [0.29, 0.717) is 35.3 Å². The largest absolute Gasteiger partial charge is 0.493 e. The minimum atomic E-state index is -0.235. The molecule has 29 heavy (non-hydrogen) atoms. The molecule has 5 nitrogen and oxygen atoms in total. The van der Waals surface area contributed by atoms with Crippen LogP contribution in [0.2, 0.25) is 0 Å². The second kappa shape index (κ2) is 9.35. The number of rotatable bonds is 9. The van der Waals surface area contributed by atoms with E-state index in [1.807, 2.05) is 50.2 Å². The van der Waals surface area contributed by atoms with Crippen molar-refractivity contribution in [1.29, 1.82) is 0 Å². The van der Waals surface area contributed by atoms with Gasteiger partial charge in [-0.25, -0.2) is 0 Å². The molecule has 2 aromatic rings. The third-order valence-electron chi connectivity index (χ3n) is 4.34. The normalized spacial score (nSPS) is 14.6. The van der Waals surface area contributed by atoms with Crippen molar-refractivity contribution in [3.05, 3.63) is 58.9 Å². The minimum Gasteiger partial charge on any atom is -0.493 e. The van der Waals surface area contributed by atoms with Gasteiger partial charge in [0, 0.05) is 6.54 Å². The number of thioether (sulfide) groups is 1. The van der Waals surface area contributed by atoms with Crippen LogP contribution in [0, 0.1) is 11.8 Å². The van der Waals surface area contributed by atoms with Gasteiger partial charge in [-0.05, 0) is 41.7 Å². The Bertz CT molecular complexity index is 882. The van der Waals surface area contributed by atoms with E-state index in [0.717, 1.165) is 17.1 Å². The summed E-state index contributed by atoms with van der Waals surface area (Å²) in [4.78, 5) is 27.9. The van der Waals surface area contributed by atoms with E-state index in [2.05, 4.69) is 13.8 Å². The summed E-state index contributed by atoms with van der Waals surface area (Å²) < 4.78 is 11.1. The fourth-order valence-electron chi connectivity index (χ4n) is 2.99. The molecule has 1 aliphatic rings. The van der Waals surface area contributed by atoms with Gasteiger partial charge in [-0.2, -0.15) is 0 Å². The first kappa shape index (κ1) is 21.2. The summed E-state index contributed by atoms with van der Waals surface area (Å²) in [5.74, 6) is 2.18. The second-order valence-corrected chi connectivity index (χ2v) is 8.90. The third kappa shape index (κ3) is 5.12. The van der Waals surface area contributed by atoms with Crippen molar-refractivity contribution in [3.63, 3.8) is 0 Å². The Balaban J connectivity index is 1.88. The van der Waals surface area contributed by atoms with Crippen LogP contribution in [0.5, 0.6) is 5.75 Å². The van der Waals surface area contributed by atoms with Gasteiger partial charge in [0.25, 0.3) is 11.8 Å². The molecule has 0 bridgehead atoms. The Kier molecular flexibility index (Phi) is 6.85. The van der Waals surface area contributed by atoms with E-state index in [-0.39, 0.29) is 17.7 Å². The minimum absolute atomic E-state index is 0.199. The second-order valence-electron chi connectivity index (χ2n) is 7.92. The number of nitrogens with zero attached hydrogens (tertiary/aromatic N) is 1. The highest BCUT2D eigenvalue weighted by molar-refractivity contribution is 8.03. The maximum Gasteiger partial charge on any atom is 0.268 e. The molecular weight excluding hydrogens is 386 g/mol. The molecule has 0 aliphatic carbocycles. The zero-order valence-electron chi connectivity index (χ0n) is 17.3. The number of furan rings is 1. The number of benzene rings is 1. The topological polar surface area (TPSA) is 59.8 Å². The van der Waals surface area contributed by atoms with Crippen LogP contribution in [-0.2, 0) is 15.3 Å². The maximum atomic E-state index is 13.1. The first-order chi connectivity index (χ1) is 13.9. The number of hydrogen-bond donors (Lipinski definition) is 0. The van der Waals surface area contributed by atoms with E-state index in [1.54, 1.807) is 6.26 Å².